The Bertz CT molecular complexity index is 191. The number of fused-ring (bicyclic) bond motifs is 1. The maximum absolute atomic E-state index is 5.85. The van der Waals surface area contributed by atoms with E-state index in [1.807, 2.05) is 0 Å². The highest BCUT2D eigenvalue weighted by molar-refractivity contribution is 4.87. The van der Waals surface area contributed by atoms with Crippen molar-refractivity contribution < 1.29 is 0 Å². The third kappa shape index (κ3) is 2.52. The summed E-state index contributed by atoms with van der Waals surface area (Å²) in [6, 6.07) is 1.44. The van der Waals surface area contributed by atoms with Crippen LogP contribution in [0, 0.1) is 0 Å². The molecule has 2 atom stereocenters. The Morgan fingerprint density at radius 3 is 2.80 bits per heavy atom. The first-order chi connectivity index (χ1) is 7.35. The zero-order chi connectivity index (χ0) is 10.7. The first kappa shape index (κ1) is 11.4. The normalized spacial score (nSPS) is 31.2. The molecule has 0 aromatic rings. The van der Waals surface area contributed by atoms with Gasteiger partial charge in [0.25, 0.3) is 0 Å². The second-order valence-corrected chi connectivity index (χ2v) is 4.98. The van der Waals surface area contributed by atoms with Crippen molar-refractivity contribution in [1.82, 2.24) is 9.80 Å². The SMILES string of the molecule is CCC(CN)N1CCCN2CCCC2C1. The fourth-order valence-electron chi connectivity index (χ4n) is 3.14. The molecule has 0 saturated carbocycles. The number of rotatable bonds is 3. The van der Waals surface area contributed by atoms with Crippen molar-refractivity contribution in [1.29, 1.82) is 0 Å². The van der Waals surface area contributed by atoms with E-state index in [0.29, 0.717) is 6.04 Å². The largest absolute Gasteiger partial charge is 0.329 e. The van der Waals surface area contributed by atoms with Crippen molar-refractivity contribution in [2.75, 3.05) is 32.7 Å². The van der Waals surface area contributed by atoms with Crippen LogP contribution >= 0.6 is 0 Å². The Morgan fingerprint density at radius 1 is 1.27 bits per heavy atom. The van der Waals surface area contributed by atoms with Crippen LogP contribution in [-0.2, 0) is 0 Å². The lowest BCUT2D eigenvalue weighted by molar-refractivity contribution is 0.172. The van der Waals surface area contributed by atoms with Crippen molar-refractivity contribution in [2.45, 2.75) is 44.7 Å². The van der Waals surface area contributed by atoms with Gasteiger partial charge in [0.2, 0.25) is 0 Å². The van der Waals surface area contributed by atoms with E-state index in [0.717, 1.165) is 12.6 Å². The van der Waals surface area contributed by atoms with E-state index in [2.05, 4.69) is 16.7 Å². The molecule has 15 heavy (non-hydrogen) atoms. The predicted octanol–water partition coefficient (Wildman–Crippen LogP) is 0.894. The molecule has 2 N–H and O–H groups in total. The minimum atomic E-state index is 0.616. The molecule has 0 amide bonds. The van der Waals surface area contributed by atoms with Gasteiger partial charge < -0.3 is 5.73 Å². The van der Waals surface area contributed by atoms with Gasteiger partial charge in [-0.1, -0.05) is 6.92 Å². The second kappa shape index (κ2) is 5.28. The number of hydrogen-bond acceptors (Lipinski definition) is 3. The minimum Gasteiger partial charge on any atom is -0.329 e. The summed E-state index contributed by atoms with van der Waals surface area (Å²) in [6.07, 6.45) is 5.33. The average Bonchev–Trinajstić information content (AvgIpc) is 2.59. The molecule has 88 valence electrons. The van der Waals surface area contributed by atoms with Gasteiger partial charge in [0.05, 0.1) is 0 Å². The lowest BCUT2D eigenvalue weighted by atomic mass is 10.1. The molecule has 2 heterocycles. The number of hydrogen-bond donors (Lipinski definition) is 1. The highest BCUT2D eigenvalue weighted by Gasteiger charge is 2.30. The van der Waals surface area contributed by atoms with E-state index < -0.39 is 0 Å². The molecule has 0 aromatic carbocycles. The first-order valence-corrected chi connectivity index (χ1v) is 6.53. The van der Waals surface area contributed by atoms with E-state index in [1.54, 1.807) is 0 Å². The minimum absolute atomic E-state index is 0.616. The summed E-state index contributed by atoms with van der Waals surface area (Å²) in [5, 5.41) is 0. The summed E-state index contributed by atoms with van der Waals surface area (Å²) in [5.74, 6) is 0. The van der Waals surface area contributed by atoms with E-state index in [-0.39, 0.29) is 0 Å². The monoisotopic (exact) mass is 211 g/mol. The van der Waals surface area contributed by atoms with Crippen molar-refractivity contribution in [3.63, 3.8) is 0 Å². The van der Waals surface area contributed by atoms with Crippen LogP contribution in [0.1, 0.15) is 32.6 Å². The average molecular weight is 211 g/mol. The van der Waals surface area contributed by atoms with Crippen LogP contribution in [-0.4, -0.2) is 54.6 Å². The lowest BCUT2D eigenvalue weighted by Gasteiger charge is -2.31. The summed E-state index contributed by atoms with van der Waals surface area (Å²) in [5.41, 5.74) is 5.85. The smallest absolute Gasteiger partial charge is 0.0223 e. The molecule has 0 bridgehead atoms. The molecule has 2 rings (SSSR count). The van der Waals surface area contributed by atoms with Crippen LogP contribution in [0.4, 0.5) is 0 Å². The van der Waals surface area contributed by atoms with Crippen molar-refractivity contribution in [3.8, 4) is 0 Å². The van der Waals surface area contributed by atoms with Crippen LogP contribution in [0.25, 0.3) is 0 Å². The van der Waals surface area contributed by atoms with Crippen LogP contribution in [0.2, 0.25) is 0 Å². The van der Waals surface area contributed by atoms with Crippen LogP contribution in [0.15, 0.2) is 0 Å². The molecular formula is C12H25N3. The summed E-state index contributed by atoms with van der Waals surface area (Å²) in [7, 11) is 0. The third-order valence-corrected chi connectivity index (χ3v) is 4.09. The van der Waals surface area contributed by atoms with E-state index in [1.165, 1.54) is 51.9 Å². The van der Waals surface area contributed by atoms with Crippen LogP contribution in [0.3, 0.4) is 0 Å². The highest BCUT2D eigenvalue weighted by Crippen LogP contribution is 2.22. The zero-order valence-electron chi connectivity index (χ0n) is 9.99. The van der Waals surface area contributed by atoms with Gasteiger partial charge in [-0.15, -0.1) is 0 Å². The lowest BCUT2D eigenvalue weighted by Crippen LogP contribution is -2.44. The van der Waals surface area contributed by atoms with Gasteiger partial charge in [0.15, 0.2) is 0 Å². The van der Waals surface area contributed by atoms with E-state index >= 15 is 0 Å². The van der Waals surface area contributed by atoms with Gasteiger partial charge in [0.1, 0.15) is 0 Å². The Labute approximate surface area is 93.6 Å². The molecular weight excluding hydrogens is 186 g/mol. The maximum atomic E-state index is 5.85. The maximum Gasteiger partial charge on any atom is 0.0223 e. The Balaban J connectivity index is 1.95. The molecule has 0 aromatic heterocycles. The molecule has 2 fully saturated rings. The summed E-state index contributed by atoms with van der Waals surface area (Å²) < 4.78 is 0. The molecule has 3 heteroatoms. The zero-order valence-corrected chi connectivity index (χ0v) is 9.99. The van der Waals surface area contributed by atoms with Crippen LogP contribution in [0.5, 0.6) is 0 Å². The van der Waals surface area contributed by atoms with E-state index in [9.17, 15) is 0 Å². The molecule has 2 aliphatic rings. The molecule has 2 saturated heterocycles. The number of nitrogens with two attached hydrogens (primary N) is 1. The van der Waals surface area contributed by atoms with Gasteiger partial charge in [0, 0.05) is 25.2 Å². The van der Waals surface area contributed by atoms with Gasteiger partial charge >= 0.3 is 0 Å². The Kier molecular flexibility index (Phi) is 4.00. The summed E-state index contributed by atoms with van der Waals surface area (Å²) in [6.45, 7) is 8.23. The standard InChI is InChI=1S/C12H25N3/c1-2-11(9-13)15-8-4-7-14-6-3-5-12(14)10-15/h11-12H,2-10,13H2,1H3. The topological polar surface area (TPSA) is 32.5 Å². The Hall–Kier alpha value is -0.120. The van der Waals surface area contributed by atoms with Crippen molar-refractivity contribution >= 4 is 0 Å². The fourth-order valence-corrected chi connectivity index (χ4v) is 3.14. The summed E-state index contributed by atoms with van der Waals surface area (Å²) in [4.78, 5) is 5.32. The van der Waals surface area contributed by atoms with Gasteiger partial charge in [-0.2, -0.15) is 0 Å². The molecule has 0 spiro atoms. The fraction of sp³-hybridized carbons (Fsp3) is 1.00. The van der Waals surface area contributed by atoms with E-state index in [4.69, 9.17) is 5.73 Å². The predicted molar refractivity (Wildman–Crippen MR) is 63.9 cm³/mol. The van der Waals surface area contributed by atoms with Gasteiger partial charge in [-0.05, 0) is 45.3 Å². The second-order valence-electron chi connectivity index (χ2n) is 4.98. The van der Waals surface area contributed by atoms with Crippen LogP contribution < -0.4 is 5.73 Å². The molecule has 0 aliphatic carbocycles. The van der Waals surface area contributed by atoms with Gasteiger partial charge in [-0.3, -0.25) is 9.80 Å². The molecule has 3 nitrogen and oxygen atoms in total. The van der Waals surface area contributed by atoms with Crippen molar-refractivity contribution in [3.05, 3.63) is 0 Å². The van der Waals surface area contributed by atoms with Crippen molar-refractivity contribution in [2.24, 2.45) is 5.73 Å². The number of nitrogens with zero attached hydrogens (tertiary/aromatic N) is 2. The molecule has 0 radical (unpaired) electrons. The third-order valence-electron chi connectivity index (χ3n) is 4.09. The molecule has 2 unspecified atom stereocenters. The van der Waals surface area contributed by atoms with Gasteiger partial charge in [-0.25, -0.2) is 0 Å². The summed E-state index contributed by atoms with van der Waals surface area (Å²) >= 11 is 0. The highest BCUT2D eigenvalue weighted by atomic mass is 15.3. The molecule has 2 aliphatic heterocycles. The quantitative estimate of drug-likeness (QED) is 0.752. The first-order valence-electron chi connectivity index (χ1n) is 6.53. The Morgan fingerprint density at radius 2 is 2.07 bits per heavy atom.